The lowest BCUT2D eigenvalue weighted by atomic mass is 9.93. The fourth-order valence-electron chi connectivity index (χ4n) is 2.70. The minimum Gasteiger partial charge on any atom is -0.491 e. The molecule has 0 aliphatic carbocycles. The van der Waals surface area contributed by atoms with Gasteiger partial charge in [0.05, 0.1) is 17.8 Å². The topological polar surface area (TPSA) is 30.5 Å². The van der Waals surface area contributed by atoms with Crippen LogP contribution in [0.4, 0.5) is 0 Å². The third-order valence-electron chi connectivity index (χ3n) is 4.08. The molecule has 0 radical (unpaired) electrons. The molecule has 0 aromatic heterocycles. The van der Waals surface area contributed by atoms with Gasteiger partial charge in [0.15, 0.2) is 0 Å². The Morgan fingerprint density at radius 1 is 1.25 bits per heavy atom. The fraction of sp³-hybridized carbons (Fsp3) is 0.647. The van der Waals surface area contributed by atoms with Crippen molar-refractivity contribution in [3.8, 4) is 5.75 Å². The molecule has 0 saturated carbocycles. The minimum atomic E-state index is -0.0178. The summed E-state index contributed by atoms with van der Waals surface area (Å²) in [6.45, 7) is 10.3. The molecular weight excluding hydrogens is 250 g/mol. The lowest BCUT2D eigenvalue weighted by Gasteiger charge is -2.41. The number of benzene rings is 1. The summed E-state index contributed by atoms with van der Waals surface area (Å²) in [4.78, 5) is 0. The summed E-state index contributed by atoms with van der Waals surface area (Å²) in [5.41, 5.74) is 1.20. The molecule has 0 amide bonds. The molecule has 3 nitrogen and oxygen atoms in total. The van der Waals surface area contributed by atoms with Gasteiger partial charge in [0, 0.05) is 13.1 Å². The van der Waals surface area contributed by atoms with E-state index in [-0.39, 0.29) is 17.8 Å². The van der Waals surface area contributed by atoms with Gasteiger partial charge in [0.25, 0.3) is 0 Å². The first kappa shape index (κ1) is 15.3. The first-order chi connectivity index (χ1) is 9.58. The van der Waals surface area contributed by atoms with E-state index in [2.05, 4.69) is 31.3 Å². The van der Waals surface area contributed by atoms with Crippen molar-refractivity contribution in [2.24, 2.45) is 0 Å². The van der Waals surface area contributed by atoms with Crippen LogP contribution in [0, 0.1) is 0 Å². The average Bonchev–Trinajstić information content (AvgIpc) is 2.47. The van der Waals surface area contributed by atoms with Gasteiger partial charge in [-0.05, 0) is 44.4 Å². The Morgan fingerprint density at radius 3 is 2.45 bits per heavy atom. The van der Waals surface area contributed by atoms with Crippen LogP contribution in [0.25, 0.3) is 0 Å². The van der Waals surface area contributed by atoms with Gasteiger partial charge in [-0.15, -0.1) is 0 Å². The maximum Gasteiger partial charge on any atom is 0.119 e. The Morgan fingerprint density at radius 2 is 1.90 bits per heavy atom. The molecule has 0 spiro atoms. The zero-order chi connectivity index (χ0) is 14.6. The summed E-state index contributed by atoms with van der Waals surface area (Å²) in [6, 6.07) is 8.30. The SMILES string of the molecule is CCC1(CC)CNCC(c2ccc(OC(C)C)cc2)O1. The van der Waals surface area contributed by atoms with Gasteiger partial charge in [-0.1, -0.05) is 26.0 Å². The van der Waals surface area contributed by atoms with Crippen LogP contribution in [0.1, 0.15) is 52.2 Å². The molecule has 3 heteroatoms. The first-order valence-corrected chi connectivity index (χ1v) is 7.73. The number of hydrogen-bond donors (Lipinski definition) is 1. The van der Waals surface area contributed by atoms with E-state index in [0.717, 1.165) is 31.7 Å². The van der Waals surface area contributed by atoms with Crippen molar-refractivity contribution in [2.45, 2.75) is 58.3 Å². The molecule has 2 rings (SSSR count). The van der Waals surface area contributed by atoms with E-state index in [9.17, 15) is 0 Å². The van der Waals surface area contributed by atoms with Gasteiger partial charge < -0.3 is 14.8 Å². The molecule has 1 atom stereocenters. The molecule has 1 aromatic rings. The highest BCUT2D eigenvalue weighted by Crippen LogP contribution is 2.32. The van der Waals surface area contributed by atoms with Crippen molar-refractivity contribution >= 4 is 0 Å². The molecule has 1 unspecified atom stereocenters. The first-order valence-electron chi connectivity index (χ1n) is 7.73. The number of ether oxygens (including phenoxy) is 2. The summed E-state index contributed by atoms with van der Waals surface area (Å²) in [6.07, 6.45) is 2.43. The van der Waals surface area contributed by atoms with Crippen molar-refractivity contribution < 1.29 is 9.47 Å². The van der Waals surface area contributed by atoms with Gasteiger partial charge in [-0.25, -0.2) is 0 Å². The van der Waals surface area contributed by atoms with Crippen molar-refractivity contribution in [1.29, 1.82) is 0 Å². The summed E-state index contributed by atoms with van der Waals surface area (Å²) in [5, 5.41) is 3.52. The van der Waals surface area contributed by atoms with Gasteiger partial charge in [0.1, 0.15) is 5.75 Å². The van der Waals surface area contributed by atoms with Crippen LogP contribution >= 0.6 is 0 Å². The van der Waals surface area contributed by atoms with E-state index in [0.29, 0.717) is 0 Å². The number of rotatable bonds is 5. The second-order valence-corrected chi connectivity index (χ2v) is 5.86. The van der Waals surface area contributed by atoms with Crippen LogP contribution in [0.3, 0.4) is 0 Å². The second-order valence-electron chi connectivity index (χ2n) is 5.86. The number of hydrogen-bond acceptors (Lipinski definition) is 3. The lowest BCUT2D eigenvalue weighted by molar-refractivity contribution is -0.122. The largest absolute Gasteiger partial charge is 0.491 e. The molecule has 1 aliphatic heterocycles. The molecule has 1 aliphatic rings. The van der Waals surface area contributed by atoms with E-state index in [1.54, 1.807) is 0 Å². The number of nitrogens with one attached hydrogen (secondary N) is 1. The molecule has 112 valence electrons. The molecule has 1 N–H and O–H groups in total. The molecular formula is C17H27NO2. The Hall–Kier alpha value is -1.06. The fourth-order valence-corrected chi connectivity index (χ4v) is 2.70. The van der Waals surface area contributed by atoms with Crippen molar-refractivity contribution in [3.63, 3.8) is 0 Å². The van der Waals surface area contributed by atoms with Crippen molar-refractivity contribution in [2.75, 3.05) is 13.1 Å². The lowest BCUT2D eigenvalue weighted by Crippen LogP contribution is -2.50. The van der Waals surface area contributed by atoms with Crippen LogP contribution in [0.5, 0.6) is 5.75 Å². The highest BCUT2D eigenvalue weighted by atomic mass is 16.5. The molecule has 1 saturated heterocycles. The molecule has 20 heavy (non-hydrogen) atoms. The molecule has 1 heterocycles. The van der Waals surface area contributed by atoms with Crippen molar-refractivity contribution in [1.82, 2.24) is 5.32 Å². The van der Waals surface area contributed by atoms with Crippen LogP contribution < -0.4 is 10.1 Å². The summed E-state index contributed by atoms with van der Waals surface area (Å²) < 4.78 is 12.1. The molecule has 0 bridgehead atoms. The van der Waals surface area contributed by atoms with Gasteiger partial charge in [0.2, 0.25) is 0 Å². The van der Waals surface area contributed by atoms with Crippen molar-refractivity contribution in [3.05, 3.63) is 29.8 Å². The Bertz CT molecular complexity index is 410. The van der Waals surface area contributed by atoms with Crippen LogP contribution in [-0.2, 0) is 4.74 Å². The highest BCUT2D eigenvalue weighted by Gasteiger charge is 2.34. The predicted molar refractivity (Wildman–Crippen MR) is 82.2 cm³/mol. The maximum absolute atomic E-state index is 6.38. The second kappa shape index (κ2) is 6.59. The zero-order valence-electron chi connectivity index (χ0n) is 13.1. The molecule has 1 aromatic carbocycles. The molecule has 1 fully saturated rings. The van der Waals surface area contributed by atoms with Gasteiger partial charge in [-0.3, -0.25) is 0 Å². The predicted octanol–water partition coefficient (Wildman–Crippen LogP) is 3.69. The smallest absolute Gasteiger partial charge is 0.119 e. The van der Waals surface area contributed by atoms with E-state index in [4.69, 9.17) is 9.47 Å². The van der Waals surface area contributed by atoms with E-state index < -0.39 is 0 Å². The average molecular weight is 277 g/mol. The number of morpholine rings is 1. The maximum atomic E-state index is 6.38. The van der Waals surface area contributed by atoms with E-state index in [1.165, 1.54) is 5.56 Å². The minimum absolute atomic E-state index is 0.0178. The Balaban J connectivity index is 2.07. The van der Waals surface area contributed by atoms with Crippen LogP contribution in [0.2, 0.25) is 0 Å². The van der Waals surface area contributed by atoms with E-state index >= 15 is 0 Å². The van der Waals surface area contributed by atoms with E-state index in [1.807, 2.05) is 26.0 Å². The Kier molecular flexibility index (Phi) is 5.06. The quantitative estimate of drug-likeness (QED) is 0.890. The van der Waals surface area contributed by atoms with Crippen LogP contribution in [0.15, 0.2) is 24.3 Å². The third-order valence-corrected chi connectivity index (χ3v) is 4.08. The van der Waals surface area contributed by atoms with Gasteiger partial charge in [-0.2, -0.15) is 0 Å². The Labute approximate surface area is 122 Å². The summed E-state index contributed by atoms with van der Waals surface area (Å²) >= 11 is 0. The van der Waals surface area contributed by atoms with Crippen LogP contribution in [-0.4, -0.2) is 24.8 Å². The summed E-state index contributed by atoms with van der Waals surface area (Å²) in [7, 11) is 0. The highest BCUT2D eigenvalue weighted by molar-refractivity contribution is 5.29. The summed E-state index contributed by atoms with van der Waals surface area (Å²) in [5.74, 6) is 0.921. The zero-order valence-corrected chi connectivity index (χ0v) is 13.1. The standard InChI is InChI=1S/C17H27NO2/c1-5-17(6-2)12-18-11-16(20-17)14-7-9-15(10-8-14)19-13(3)4/h7-10,13,16,18H,5-6,11-12H2,1-4H3. The third kappa shape index (κ3) is 3.53. The monoisotopic (exact) mass is 277 g/mol. The normalized spacial score (nSPS) is 21.9. The van der Waals surface area contributed by atoms with Gasteiger partial charge >= 0.3 is 0 Å².